The summed E-state index contributed by atoms with van der Waals surface area (Å²) < 4.78 is 1.01. The number of carbonyl (C=O) groups is 1. The smallest absolute Gasteiger partial charge is 0.417 e. The highest BCUT2D eigenvalue weighted by Crippen LogP contribution is 2.22. The SMILES string of the molecule is NCc1cc(Cl)cc2c1ncn2C(=O)O. The summed E-state index contributed by atoms with van der Waals surface area (Å²) in [5.41, 5.74) is 7.28. The Balaban J connectivity index is 2.80. The molecule has 0 saturated heterocycles. The lowest BCUT2D eigenvalue weighted by molar-refractivity contribution is 0.197. The van der Waals surface area contributed by atoms with Gasteiger partial charge in [-0.3, -0.25) is 0 Å². The summed E-state index contributed by atoms with van der Waals surface area (Å²) in [6, 6.07) is 3.24. The number of rotatable bonds is 1. The summed E-state index contributed by atoms with van der Waals surface area (Å²) >= 11 is 5.85. The van der Waals surface area contributed by atoms with Crippen LogP contribution < -0.4 is 5.73 Å². The molecule has 1 aromatic heterocycles. The molecule has 0 saturated carbocycles. The fraction of sp³-hybridized carbons (Fsp3) is 0.111. The molecule has 0 unspecified atom stereocenters. The van der Waals surface area contributed by atoms with E-state index in [-0.39, 0.29) is 6.54 Å². The van der Waals surface area contributed by atoms with Crippen molar-refractivity contribution >= 4 is 28.7 Å². The van der Waals surface area contributed by atoms with Crippen LogP contribution in [0.4, 0.5) is 4.79 Å². The fourth-order valence-electron chi connectivity index (χ4n) is 1.46. The molecule has 78 valence electrons. The highest BCUT2D eigenvalue weighted by molar-refractivity contribution is 6.31. The standard InChI is InChI=1S/C9H8ClN3O2/c10-6-1-5(3-11)8-7(2-6)13(4-12-8)9(14)15/h1-2,4H,3,11H2,(H,14,15). The van der Waals surface area contributed by atoms with Crippen LogP contribution in [0.5, 0.6) is 0 Å². The van der Waals surface area contributed by atoms with Gasteiger partial charge in [0.2, 0.25) is 0 Å². The first kappa shape index (κ1) is 9.95. The monoisotopic (exact) mass is 225 g/mol. The molecular formula is C9H8ClN3O2. The molecule has 1 heterocycles. The van der Waals surface area contributed by atoms with E-state index in [1.807, 2.05) is 0 Å². The van der Waals surface area contributed by atoms with Gasteiger partial charge in [-0.1, -0.05) is 11.6 Å². The van der Waals surface area contributed by atoms with Crippen molar-refractivity contribution in [2.24, 2.45) is 5.73 Å². The average molecular weight is 226 g/mol. The van der Waals surface area contributed by atoms with Crippen LogP contribution in [0.2, 0.25) is 5.02 Å². The predicted octanol–water partition coefficient (Wildman–Crippen LogP) is 1.67. The van der Waals surface area contributed by atoms with Crippen LogP contribution >= 0.6 is 11.6 Å². The lowest BCUT2D eigenvalue weighted by Gasteiger charge is -2.01. The van der Waals surface area contributed by atoms with Crippen molar-refractivity contribution in [3.8, 4) is 0 Å². The third kappa shape index (κ3) is 1.55. The Morgan fingerprint density at radius 3 is 2.93 bits per heavy atom. The summed E-state index contributed by atoms with van der Waals surface area (Å²) in [7, 11) is 0. The third-order valence-electron chi connectivity index (χ3n) is 2.12. The van der Waals surface area contributed by atoms with Gasteiger partial charge in [0, 0.05) is 11.6 Å². The molecule has 3 N–H and O–H groups in total. The second kappa shape index (κ2) is 3.52. The maximum absolute atomic E-state index is 10.8. The number of benzene rings is 1. The van der Waals surface area contributed by atoms with Gasteiger partial charge >= 0.3 is 6.09 Å². The number of carboxylic acid groups (broad SMARTS) is 1. The Morgan fingerprint density at radius 1 is 1.60 bits per heavy atom. The maximum atomic E-state index is 10.8. The highest BCUT2D eigenvalue weighted by Gasteiger charge is 2.11. The van der Waals surface area contributed by atoms with Crippen molar-refractivity contribution in [3.05, 3.63) is 29.0 Å². The molecule has 0 fully saturated rings. The molecule has 0 aliphatic carbocycles. The lowest BCUT2D eigenvalue weighted by Crippen LogP contribution is -2.06. The Bertz CT molecular complexity index is 535. The molecule has 5 nitrogen and oxygen atoms in total. The zero-order valence-electron chi connectivity index (χ0n) is 7.64. The highest BCUT2D eigenvalue weighted by atomic mass is 35.5. The summed E-state index contributed by atoms with van der Waals surface area (Å²) in [4.78, 5) is 14.8. The quantitative estimate of drug-likeness (QED) is 0.774. The number of imidazole rings is 1. The van der Waals surface area contributed by atoms with Gasteiger partial charge in [0.25, 0.3) is 0 Å². The normalized spacial score (nSPS) is 10.8. The Hall–Kier alpha value is -1.59. The Labute approximate surface area is 90.1 Å². The van der Waals surface area contributed by atoms with Crippen molar-refractivity contribution in [1.82, 2.24) is 9.55 Å². The first-order valence-corrected chi connectivity index (χ1v) is 4.60. The maximum Gasteiger partial charge on any atom is 0.417 e. The molecule has 2 aromatic rings. The molecule has 0 bridgehead atoms. The first-order chi connectivity index (χ1) is 7.13. The van der Waals surface area contributed by atoms with Gasteiger partial charge in [-0.15, -0.1) is 0 Å². The van der Waals surface area contributed by atoms with E-state index in [0.29, 0.717) is 16.1 Å². The molecule has 15 heavy (non-hydrogen) atoms. The van der Waals surface area contributed by atoms with Crippen molar-refractivity contribution in [2.45, 2.75) is 6.54 Å². The zero-order valence-corrected chi connectivity index (χ0v) is 8.40. The number of nitrogens with two attached hydrogens (primary N) is 1. The van der Waals surface area contributed by atoms with Crippen molar-refractivity contribution in [1.29, 1.82) is 0 Å². The summed E-state index contributed by atoms with van der Waals surface area (Å²) in [5.74, 6) is 0. The predicted molar refractivity (Wildman–Crippen MR) is 56.1 cm³/mol. The van der Waals surface area contributed by atoms with Gasteiger partial charge < -0.3 is 10.8 Å². The second-order valence-corrected chi connectivity index (χ2v) is 3.47. The molecule has 6 heteroatoms. The lowest BCUT2D eigenvalue weighted by atomic mass is 10.2. The van der Waals surface area contributed by atoms with Gasteiger partial charge in [0.1, 0.15) is 6.33 Å². The van der Waals surface area contributed by atoms with Gasteiger partial charge in [-0.2, -0.15) is 0 Å². The van der Waals surface area contributed by atoms with Gasteiger partial charge in [-0.25, -0.2) is 14.3 Å². The molecule has 0 atom stereocenters. The molecule has 0 amide bonds. The van der Waals surface area contributed by atoms with E-state index in [2.05, 4.69) is 4.98 Å². The Kier molecular flexibility index (Phi) is 2.34. The summed E-state index contributed by atoms with van der Waals surface area (Å²) in [6.07, 6.45) is 0.144. The molecule has 1 aromatic carbocycles. The summed E-state index contributed by atoms with van der Waals surface area (Å²) in [6.45, 7) is 0.272. The number of nitrogens with zero attached hydrogens (tertiary/aromatic N) is 2. The molecule has 2 rings (SSSR count). The van der Waals surface area contributed by atoms with E-state index >= 15 is 0 Å². The van der Waals surface area contributed by atoms with Crippen LogP contribution in [-0.4, -0.2) is 20.8 Å². The van der Waals surface area contributed by atoms with Crippen LogP contribution in [0.15, 0.2) is 18.5 Å². The Morgan fingerprint density at radius 2 is 2.33 bits per heavy atom. The van der Waals surface area contributed by atoms with E-state index in [4.69, 9.17) is 22.4 Å². The fourth-order valence-corrected chi connectivity index (χ4v) is 1.69. The number of fused-ring (bicyclic) bond motifs is 1. The average Bonchev–Trinajstić information content (AvgIpc) is 2.59. The molecule has 0 aliphatic heterocycles. The van der Waals surface area contributed by atoms with Crippen LogP contribution in [0.3, 0.4) is 0 Å². The number of halogens is 1. The van der Waals surface area contributed by atoms with E-state index in [1.54, 1.807) is 12.1 Å². The number of aromatic nitrogens is 2. The van der Waals surface area contributed by atoms with Crippen molar-refractivity contribution in [2.75, 3.05) is 0 Å². The number of hydrogen-bond donors (Lipinski definition) is 2. The topological polar surface area (TPSA) is 81.1 Å². The van der Waals surface area contributed by atoms with Gasteiger partial charge in [0.05, 0.1) is 11.0 Å². The van der Waals surface area contributed by atoms with Crippen LogP contribution in [0.25, 0.3) is 11.0 Å². The molecular weight excluding hydrogens is 218 g/mol. The van der Waals surface area contributed by atoms with E-state index < -0.39 is 6.09 Å². The zero-order chi connectivity index (χ0) is 11.0. The van der Waals surface area contributed by atoms with Gasteiger partial charge in [0.15, 0.2) is 0 Å². The molecule has 0 radical (unpaired) electrons. The minimum atomic E-state index is -1.09. The minimum Gasteiger partial charge on any atom is -0.464 e. The minimum absolute atomic E-state index is 0.272. The van der Waals surface area contributed by atoms with E-state index in [9.17, 15) is 4.79 Å². The van der Waals surface area contributed by atoms with Crippen LogP contribution in [-0.2, 0) is 6.54 Å². The summed E-state index contributed by atoms with van der Waals surface area (Å²) in [5, 5.41) is 9.32. The van der Waals surface area contributed by atoms with Gasteiger partial charge in [-0.05, 0) is 17.7 Å². The van der Waals surface area contributed by atoms with E-state index in [1.165, 1.54) is 6.33 Å². The largest absolute Gasteiger partial charge is 0.464 e. The third-order valence-corrected chi connectivity index (χ3v) is 2.34. The van der Waals surface area contributed by atoms with Crippen molar-refractivity contribution < 1.29 is 9.90 Å². The van der Waals surface area contributed by atoms with Crippen LogP contribution in [0.1, 0.15) is 5.56 Å². The molecule has 0 aliphatic rings. The van der Waals surface area contributed by atoms with Crippen LogP contribution in [0, 0.1) is 0 Å². The van der Waals surface area contributed by atoms with Crippen molar-refractivity contribution in [3.63, 3.8) is 0 Å². The first-order valence-electron chi connectivity index (χ1n) is 4.22. The number of hydrogen-bond acceptors (Lipinski definition) is 3. The molecule has 0 spiro atoms. The second-order valence-electron chi connectivity index (χ2n) is 3.03. The van der Waals surface area contributed by atoms with E-state index in [0.717, 1.165) is 10.1 Å².